The number of hydrogen-bond donors (Lipinski definition) is 0. The maximum atomic E-state index is 4.27. The SMILES string of the molecule is Brc1cccc(C(Br)(c2ccccc2)C(Br)(Br)C(Br)(Br)C(Br)(Br)C(Br)(Br)C(Br)(Br)C(Br)(Br)C(Br)(Br)C(Br)(Br)C(Br)(c2ccccc2)c2ccccc2)c1Br. The molecule has 0 spiro atoms. The summed E-state index contributed by atoms with van der Waals surface area (Å²) in [5.41, 5.74) is 3.83. The molecule has 0 amide bonds. The van der Waals surface area contributed by atoms with Crippen molar-refractivity contribution in [1.82, 2.24) is 0 Å². The molecule has 0 aliphatic heterocycles. The Hall–Kier alpha value is 6.48. The van der Waals surface area contributed by atoms with Gasteiger partial charge in [0.1, 0.15) is 34.5 Å². The Morgan fingerprint density at radius 3 is 0.833 bits per heavy atom. The third-order valence-electron chi connectivity index (χ3n) is 8.46. The monoisotopic (exact) mass is 2000 g/mol. The summed E-state index contributed by atoms with van der Waals surface area (Å²) in [5, 5.41) is 0. The summed E-state index contributed by atoms with van der Waals surface area (Å²) in [6, 6.07) is 36.5. The fourth-order valence-electron chi connectivity index (χ4n) is 5.42. The zero-order chi connectivity index (χ0) is 41.2. The Morgan fingerprint density at radius 1 is 0.259 bits per heavy atom. The predicted molar refractivity (Wildman–Crippen MR) is 305 cm³/mol. The zero-order valence-electron chi connectivity index (χ0n) is 26.0. The number of rotatable bonds is 13. The van der Waals surface area contributed by atoms with Crippen molar-refractivity contribution in [2.24, 2.45) is 0 Å². The fourth-order valence-corrected chi connectivity index (χ4v) is 25.9. The lowest BCUT2D eigenvalue weighted by Crippen LogP contribution is -2.71. The van der Waals surface area contributed by atoms with Crippen LogP contribution in [0.5, 0.6) is 0 Å². The van der Waals surface area contributed by atoms with Crippen molar-refractivity contribution in [2.75, 3.05) is 0 Å². The third-order valence-corrected chi connectivity index (χ3v) is 49.6. The number of alkyl halides is 18. The summed E-state index contributed by atoms with van der Waals surface area (Å²) in [6.07, 6.45) is 0. The topological polar surface area (TPSA) is 0 Å². The van der Waals surface area contributed by atoms with Crippen molar-refractivity contribution in [3.05, 3.63) is 140 Å². The van der Waals surface area contributed by atoms with E-state index in [0.717, 1.165) is 31.2 Å². The first-order valence-electron chi connectivity index (χ1n) is 14.5. The van der Waals surface area contributed by atoms with Crippen LogP contribution >= 0.6 is 319 Å². The van der Waals surface area contributed by atoms with Crippen LogP contribution in [0.3, 0.4) is 0 Å². The van der Waals surface area contributed by atoms with Gasteiger partial charge < -0.3 is 0 Å². The highest BCUT2D eigenvalue weighted by atomic mass is 80.0. The zero-order valence-corrected chi connectivity index (χ0v) is 57.7. The van der Waals surface area contributed by atoms with E-state index in [-0.39, 0.29) is 0 Å². The van der Waals surface area contributed by atoms with Crippen LogP contribution in [0.2, 0.25) is 0 Å². The van der Waals surface area contributed by atoms with E-state index < -0.39 is 34.5 Å². The van der Waals surface area contributed by atoms with Crippen LogP contribution in [0.4, 0.5) is 0 Å². The van der Waals surface area contributed by atoms with Gasteiger partial charge in [-0.3, -0.25) is 0 Å². The molecule has 0 radical (unpaired) electrons. The molecule has 4 rings (SSSR count). The van der Waals surface area contributed by atoms with Crippen LogP contribution in [-0.2, 0) is 8.65 Å². The van der Waals surface area contributed by atoms with Crippen LogP contribution in [0.15, 0.2) is 118 Å². The molecule has 4 aromatic carbocycles. The smallest absolute Gasteiger partial charge is 0.0723 e. The average molecular weight is 2020 g/mol. The van der Waals surface area contributed by atoms with Crippen molar-refractivity contribution in [1.29, 1.82) is 0 Å². The van der Waals surface area contributed by atoms with Crippen molar-refractivity contribution in [3.8, 4) is 0 Å². The van der Waals surface area contributed by atoms with Gasteiger partial charge in [-0.1, -0.05) is 390 Å². The van der Waals surface area contributed by atoms with Gasteiger partial charge in [0.15, 0.2) is 0 Å². The molecule has 294 valence electrons. The van der Waals surface area contributed by atoms with Crippen LogP contribution in [0.25, 0.3) is 0 Å². The van der Waals surface area contributed by atoms with Gasteiger partial charge in [-0.25, -0.2) is 0 Å². The van der Waals surface area contributed by atoms with E-state index in [2.05, 4.69) is 361 Å². The molecule has 1 unspecified atom stereocenters. The molecule has 0 bridgehead atoms. The van der Waals surface area contributed by atoms with E-state index in [9.17, 15) is 0 Å². The molecule has 0 aromatic heterocycles. The number of halogens is 20. The van der Waals surface area contributed by atoms with E-state index in [1.165, 1.54) is 0 Å². The molecule has 4 aromatic rings. The summed E-state index contributed by atoms with van der Waals surface area (Å²) >= 11 is 82.7. The van der Waals surface area contributed by atoms with Gasteiger partial charge in [-0.05, 0) is 60.2 Å². The highest BCUT2D eigenvalue weighted by molar-refractivity contribution is 9.37. The molecule has 20 heteroatoms. The Kier molecular flexibility index (Phi) is 19.0. The summed E-state index contributed by atoms with van der Waals surface area (Å²) < 4.78 is -9.54. The summed E-state index contributed by atoms with van der Waals surface area (Å²) in [7, 11) is 0. The Labute approximate surface area is 484 Å². The lowest BCUT2D eigenvalue weighted by atomic mass is 9.85. The Bertz CT molecular complexity index is 1890. The van der Waals surface area contributed by atoms with Gasteiger partial charge >= 0.3 is 0 Å². The van der Waals surface area contributed by atoms with E-state index in [1.54, 1.807) is 0 Å². The van der Waals surface area contributed by atoms with Crippen molar-refractivity contribution < 1.29 is 0 Å². The van der Waals surface area contributed by atoms with Crippen molar-refractivity contribution in [3.63, 3.8) is 0 Å². The third kappa shape index (κ3) is 8.65. The van der Waals surface area contributed by atoms with Crippen LogP contribution in [0.1, 0.15) is 22.3 Å². The summed E-state index contributed by atoms with van der Waals surface area (Å²) in [6.45, 7) is 0. The lowest BCUT2D eigenvalue weighted by molar-refractivity contribution is 0.520. The van der Waals surface area contributed by atoms with Gasteiger partial charge in [-0.2, -0.15) is 0 Å². The second-order valence-electron chi connectivity index (χ2n) is 11.6. The van der Waals surface area contributed by atoms with E-state index >= 15 is 0 Å². The maximum Gasteiger partial charge on any atom is 0.135 e. The second-order valence-corrected chi connectivity index (χ2v) is 43.2. The Balaban J connectivity index is 1.94. The lowest BCUT2D eigenvalue weighted by Gasteiger charge is -2.60. The molecule has 1 atom stereocenters. The fraction of sp³-hybridized carbons (Fsp3) is 0.294. The van der Waals surface area contributed by atoms with Gasteiger partial charge in [0.2, 0.25) is 0 Å². The predicted octanol–water partition coefficient (Wildman–Crippen LogP) is 21.1. The van der Waals surface area contributed by atoms with Crippen LogP contribution in [0, 0.1) is 0 Å². The Morgan fingerprint density at radius 2 is 0.519 bits per heavy atom. The van der Waals surface area contributed by atoms with Gasteiger partial charge in [0.25, 0.3) is 0 Å². The minimum Gasteiger partial charge on any atom is -0.0723 e. The highest BCUT2D eigenvalue weighted by Gasteiger charge is 2.80. The molecule has 0 aliphatic rings. The molecule has 0 saturated heterocycles. The second kappa shape index (κ2) is 19.4. The van der Waals surface area contributed by atoms with E-state index in [1.807, 2.05) is 66.7 Å². The normalized spacial score (nSPS) is 15.6. The molecule has 0 nitrogen and oxygen atoms in total. The molecule has 0 N–H and O–H groups in total. The average Bonchev–Trinajstić information content (AvgIpc) is 3.12. The van der Waals surface area contributed by atoms with Gasteiger partial charge in [-0.15, -0.1) is 0 Å². The summed E-state index contributed by atoms with van der Waals surface area (Å²) in [5.74, 6) is 0. The summed E-state index contributed by atoms with van der Waals surface area (Å²) in [4.78, 5) is 0. The van der Waals surface area contributed by atoms with Crippen LogP contribution in [-0.4, -0.2) is 25.9 Å². The molecule has 0 aliphatic carbocycles. The highest BCUT2D eigenvalue weighted by Crippen LogP contribution is 2.81. The van der Waals surface area contributed by atoms with Crippen molar-refractivity contribution in [2.45, 2.75) is 34.5 Å². The maximum absolute atomic E-state index is 4.27. The van der Waals surface area contributed by atoms with E-state index in [4.69, 9.17) is 0 Å². The molecule has 0 saturated carbocycles. The first kappa shape index (κ1) is 53.1. The first-order valence-corrected chi connectivity index (χ1v) is 30.4. The quantitative estimate of drug-likeness (QED) is 0.117. The molecule has 0 heterocycles. The van der Waals surface area contributed by atoms with Crippen molar-refractivity contribution >= 4 is 319 Å². The standard InChI is InChI=1S/C34H18Br20/c35-23-18-10-17-22(24(23)36)26(38,21-15-8-3-9-16-21)28(41,42)30(45,46)32(49,50)34(53,54)33(51,52)31(47,48)29(43,44)27(39,40)25(37,19-11-4-1-5-12-19)20-13-6-2-7-14-20/h1-18H. The van der Waals surface area contributed by atoms with Gasteiger partial charge in [0, 0.05) is 8.95 Å². The number of benzene rings is 4. The largest absolute Gasteiger partial charge is 0.135 e. The minimum atomic E-state index is -1.23. The molecule has 0 fully saturated rings. The van der Waals surface area contributed by atoms with Gasteiger partial charge in [0.05, 0.1) is 0 Å². The number of hydrogen-bond acceptors (Lipinski definition) is 0. The first-order chi connectivity index (χ1) is 24.5. The van der Waals surface area contributed by atoms with E-state index in [0.29, 0.717) is 0 Å². The van der Waals surface area contributed by atoms with Crippen LogP contribution < -0.4 is 0 Å². The molecule has 54 heavy (non-hydrogen) atoms. The molecular weight excluding hydrogens is 2010 g/mol. The molecular formula is C34H18Br20. The minimum absolute atomic E-state index is 0.864.